The second kappa shape index (κ2) is 2.71. The van der Waals surface area contributed by atoms with Gasteiger partial charge in [-0.15, -0.1) is 0 Å². The third-order valence-corrected chi connectivity index (χ3v) is 0.774. The van der Waals surface area contributed by atoms with Gasteiger partial charge in [-0.3, -0.25) is 20.7 Å². The van der Waals surface area contributed by atoms with E-state index in [1.165, 1.54) is 0 Å². The van der Waals surface area contributed by atoms with Crippen molar-refractivity contribution in [3.8, 4) is 0 Å². The van der Waals surface area contributed by atoms with Gasteiger partial charge >= 0.3 is 0 Å². The maximum Gasteiger partial charge on any atom is 0.225 e. The van der Waals surface area contributed by atoms with E-state index in [1.54, 1.807) is 12.4 Å². The highest BCUT2D eigenvalue weighted by atomic mass is 16.1. The topological polar surface area (TPSA) is 69.8 Å². The fraction of sp³-hybridized carbons (Fsp3) is 0. The van der Waals surface area contributed by atoms with Crippen LogP contribution in [0.1, 0.15) is 0 Å². The Morgan fingerprint density at radius 3 is 3.22 bits per heavy atom. The number of carbonyl (C=O) groups excluding carboxylic acids is 1. The van der Waals surface area contributed by atoms with Gasteiger partial charge in [0.05, 0.1) is 11.9 Å². The number of nitrogens with one attached hydrogen (secondary N) is 3. The molecule has 0 aliphatic carbocycles. The van der Waals surface area contributed by atoms with E-state index in [2.05, 4.69) is 21.0 Å². The Labute approximate surface area is 51.4 Å². The van der Waals surface area contributed by atoms with Gasteiger partial charge in [0.2, 0.25) is 6.41 Å². The zero-order valence-electron chi connectivity index (χ0n) is 4.59. The number of hydrogen-bond donors (Lipinski definition) is 3. The predicted octanol–water partition coefficient (Wildman–Crippen LogP) is -0.517. The van der Waals surface area contributed by atoms with Crippen molar-refractivity contribution in [3.05, 3.63) is 12.4 Å². The maximum absolute atomic E-state index is 9.70. The van der Waals surface area contributed by atoms with Crippen LogP contribution in [0.5, 0.6) is 0 Å². The maximum atomic E-state index is 9.70. The molecule has 0 bridgehead atoms. The summed E-state index contributed by atoms with van der Waals surface area (Å²) < 4.78 is 0. The Kier molecular flexibility index (Phi) is 1.69. The van der Waals surface area contributed by atoms with Crippen LogP contribution in [0.4, 0.5) is 5.69 Å². The van der Waals surface area contributed by atoms with Crippen LogP contribution in [0, 0.1) is 0 Å². The zero-order chi connectivity index (χ0) is 6.53. The molecule has 0 aliphatic rings. The summed E-state index contributed by atoms with van der Waals surface area (Å²) in [5, 5.41) is 6.20. The van der Waals surface area contributed by atoms with Crippen molar-refractivity contribution in [1.82, 2.24) is 15.6 Å². The Morgan fingerprint density at radius 2 is 2.67 bits per heavy atom. The summed E-state index contributed by atoms with van der Waals surface area (Å²) in [5.74, 6) is 0. The van der Waals surface area contributed by atoms with Crippen LogP contribution in [0.2, 0.25) is 0 Å². The highest BCUT2D eigenvalue weighted by Gasteiger charge is 1.85. The second-order valence-electron chi connectivity index (χ2n) is 1.37. The number of nitrogens with zero attached hydrogens (tertiary/aromatic N) is 1. The van der Waals surface area contributed by atoms with Crippen LogP contribution in [-0.4, -0.2) is 16.6 Å². The Bertz CT molecular complexity index is 171. The van der Waals surface area contributed by atoms with Crippen molar-refractivity contribution < 1.29 is 4.79 Å². The van der Waals surface area contributed by atoms with E-state index >= 15 is 0 Å². The Hall–Kier alpha value is -1.52. The van der Waals surface area contributed by atoms with Crippen LogP contribution in [0.15, 0.2) is 12.4 Å². The molecule has 1 aromatic rings. The number of hydrogen-bond acceptors (Lipinski definition) is 3. The molecule has 0 atom stereocenters. The highest BCUT2D eigenvalue weighted by Crippen LogP contribution is 1.96. The van der Waals surface area contributed by atoms with Gasteiger partial charge in [0.1, 0.15) is 0 Å². The van der Waals surface area contributed by atoms with Crippen LogP contribution < -0.4 is 10.9 Å². The Morgan fingerprint density at radius 1 is 1.78 bits per heavy atom. The largest absolute Gasteiger partial charge is 0.296 e. The summed E-state index contributed by atoms with van der Waals surface area (Å²) in [7, 11) is 0. The van der Waals surface area contributed by atoms with Crippen molar-refractivity contribution in [1.29, 1.82) is 0 Å². The fourth-order valence-corrected chi connectivity index (χ4v) is 0.432. The van der Waals surface area contributed by atoms with Gasteiger partial charge in [-0.25, -0.2) is 0 Å². The molecule has 9 heavy (non-hydrogen) atoms. The third-order valence-electron chi connectivity index (χ3n) is 0.774. The van der Waals surface area contributed by atoms with Crippen LogP contribution in [-0.2, 0) is 4.79 Å². The van der Waals surface area contributed by atoms with Crippen molar-refractivity contribution in [2.45, 2.75) is 0 Å². The quantitative estimate of drug-likeness (QED) is 0.377. The minimum Gasteiger partial charge on any atom is -0.296 e. The predicted molar refractivity (Wildman–Crippen MR) is 31.4 cm³/mol. The number of aromatic nitrogens is 2. The molecule has 5 heteroatoms. The van der Waals surface area contributed by atoms with Gasteiger partial charge in [0.25, 0.3) is 0 Å². The minimum absolute atomic E-state index is 0.549. The van der Waals surface area contributed by atoms with E-state index in [9.17, 15) is 4.79 Å². The van der Waals surface area contributed by atoms with E-state index in [1.807, 2.05) is 0 Å². The molecule has 0 saturated heterocycles. The number of H-pyrrole nitrogens is 1. The first-order valence-corrected chi connectivity index (χ1v) is 2.37. The third kappa shape index (κ3) is 1.45. The molecule has 0 fully saturated rings. The zero-order valence-corrected chi connectivity index (χ0v) is 4.59. The lowest BCUT2D eigenvalue weighted by molar-refractivity contribution is -0.109. The van der Waals surface area contributed by atoms with E-state index in [0.717, 1.165) is 5.69 Å². The molecular formula is C4H6N4O. The lowest BCUT2D eigenvalue weighted by Gasteiger charge is -1.95. The molecule has 0 unspecified atom stereocenters. The lowest BCUT2D eigenvalue weighted by Crippen LogP contribution is -2.18. The average Bonchev–Trinajstić information content (AvgIpc) is 2.34. The first-order chi connectivity index (χ1) is 4.43. The molecule has 1 heterocycles. The highest BCUT2D eigenvalue weighted by molar-refractivity contribution is 5.51. The standard InChI is InChI=1S/C4H6N4O/c9-3-7-8-4-1-5-6-2-4/h1-3,8H,(H,5,6)(H,7,9). The molecule has 3 N–H and O–H groups in total. The van der Waals surface area contributed by atoms with Crippen LogP contribution in [0.25, 0.3) is 0 Å². The first-order valence-electron chi connectivity index (χ1n) is 2.37. The molecule has 0 aromatic carbocycles. The molecule has 5 nitrogen and oxygen atoms in total. The summed E-state index contributed by atoms with van der Waals surface area (Å²) in [6, 6.07) is 0. The van der Waals surface area contributed by atoms with Gasteiger partial charge in [0.15, 0.2) is 0 Å². The molecular weight excluding hydrogens is 120 g/mol. The first kappa shape index (κ1) is 5.61. The molecule has 1 rings (SSSR count). The number of carbonyl (C=O) groups is 1. The number of hydrazine groups is 1. The molecule has 1 amide bonds. The van der Waals surface area contributed by atoms with Crippen molar-refractivity contribution >= 4 is 12.1 Å². The summed E-state index contributed by atoms with van der Waals surface area (Å²) >= 11 is 0. The number of amides is 1. The normalized spacial score (nSPS) is 8.44. The summed E-state index contributed by atoms with van der Waals surface area (Å²) in [4.78, 5) is 9.70. The molecule has 0 spiro atoms. The van der Waals surface area contributed by atoms with Crippen LogP contribution in [0.3, 0.4) is 0 Å². The molecule has 0 radical (unpaired) electrons. The second-order valence-corrected chi connectivity index (χ2v) is 1.37. The van der Waals surface area contributed by atoms with Crippen molar-refractivity contribution in [2.24, 2.45) is 0 Å². The molecule has 48 valence electrons. The van der Waals surface area contributed by atoms with Gasteiger partial charge in [0, 0.05) is 6.20 Å². The van der Waals surface area contributed by atoms with E-state index in [4.69, 9.17) is 0 Å². The molecule has 0 aliphatic heterocycles. The van der Waals surface area contributed by atoms with Crippen molar-refractivity contribution in [3.63, 3.8) is 0 Å². The lowest BCUT2D eigenvalue weighted by atomic mass is 10.6. The van der Waals surface area contributed by atoms with Crippen molar-refractivity contribution in [2.75, 3.05) is 5.43 Å². The number of rotatable bonds is 3. The number of anilines is 1. The van der Waals surface area contributed by atoms with E-state index < -0.39 is 0 Å². The fourth-order valence-electron chi connectivity index (χ4n) is 0.432. The van der Waals surface area contributed by atoms with Gasteiger partial charge in [-0.05, 0) is 0 Å². The SMILES string of the molecule is O=CNNc1cn[nH]c1. The Balaban J connectivity index is 2.38. The van der Waals surface area contributed by atoms with Gasteiger partial charge < -0.3 is 0 Å². The summed E-state index contributed by atoms with van der Waals surface area (Å²) in [6.45, 7) is 0. The number of aromatic amines is 1. The van der Waals surface area contributed by atoms with Crippen LogP contribution >= 0.6 is 0 Å². The minimum atomic E-state index is 0.549. The van der Waals surface area contributed by atoms with E-state index in [-0.39, 0.29) is 0 Å². The van der Waals surface area contributed by atoms with Gasteiger partial charge in [-0.2, -0.15) is 5.10 Å². The smallest absolute Gasteiger partial charge is 0.225 e. The molecule has 1 aromatic heterocycles. The average molecular weight is 126 g/mol. The monoisotopic (exact) mass is 126 g/mol. The summed E-state index contributed by atoms with van der Waals surface area (Å²) in [5.41, 5.74) is 5.55. The van der Waals surface area contributed by atoms with E-state index in [0.29, 0.717) is 6.41 Å². The summed E-state index contributed by atoms with van der Waals surface area (Å²) in [6.07, 6.45) is 3.72. The van der Waals surface area contributed by atoms with Gasteiger partial charge in [-0.1, -0.05) is 0 Å². The molecule has 0 saturated carbocycles.